The predicted molar refractivity (Wildman–Crippen MR) is 50.9 cm³/mol. The average molecular weight is 199 g/mol. The van der Waals surface area contributed by atoms with Crippen molar-refractivity contribution in [3.63, 3.8) is 0 Å². The van der Waals surface area contributed by atoms with Crippen LogP contribution < -0.4 is 0 Å². The molecular formula is C10H17NO3. The highest BCUT2D eigenvalue weighted by atomic mass is 16.6. The lowest BCUT2D eigenvalue weighted by molar-refractivity contribution is 0.0470. The van der Waals surface area contributed by atoms with Gasteiger partial charge in [-0.3, -0.25) is 0 Å². The van der Waals surface area contributed by atoms with Crippen molar-refractivity contribution >= 4 is 6.09 Å². The Hall–Kier alpha value is -0.770. The van der Waals surface area contributed by atoms with Crippen molar-refractivity contribution in [2.75, 3.05) is 13.2 Å². The van der Waals surface area contributed by atoms with Crippen LogP contribution in [-0.2, 0) is 4.74 Å². The minimum Gasteiger partial charge on any atom is -0.450 e. The molecule has 1 amide bonds. The van der Waals surface area contributed by atoms with Gasteiger partial charge < -0.3 is 14.7 Å². The van der Waals surface area contributed by atoms with E-state index in [1.54, 1.807) is 11.8 Å². The van der Waals surface area contributed by atoms with Gasteiger partial charge in [-0.05, 0) is 32.1 Å². The maximum absolute atomic E-state index is 11.5. The van der Waals surface area contributed by atoms with E-state index in [2.05, 4.69) is 0 Å². The van der Waals surface area contributed by atoms with Gasteiger partial charge in [-0.15, -0.1) is 0 Å². The van der Waals surface area contributed by atoms with Crippen LogP contribution in [-0.4, -0.2) is 41.4 Å². The maximum Gasteiger partial charge on any atom is 0.410 e. The van der Waals surface area contributed by atoms with E-state index in [0.717, 1.165) is 25.8 Å². The fourth-order valence-electron chi connectivity index (χ4n) is 2.55. The van der Waals surface area contributed by atoms with Gasteiger partial charge in [-0.25, -0.2) is 4.79 Å². The van der Waals surface area contributed by atoms with Gasteiger partial charge in [0.2, 0.25) is 0 Å². The van der Waals surface area contributed by atoms with Gasteiger partial charge in [0.05, 0.1) is 18.8 Å². The van der Waals surface area contributed by atoms with Crippen LogP contribution in [0.5, 0.6) is 0 Å². The molecule has 0 aromatic heterocycles. The highest BCUT2D eigenvalue weighted by molar-refractivity contribution is 5.68. The Kier molecular flexibility index (Phi) is 2.63. The first-order valence-electron chi connectivity index (χ1n) is 5.33. The molecule has 1 saturated heterocycles. The van der Waals surface area contributed by atoms with Crippen LogP contribution >= 0.6 is 0 Å². The van der Waals surface area contributed by atoms with Gasteiger partial charge in [0.25, 0.3) is 0 Å². The van der Waals surface area contributed by atoms with E-state index < -0.39 is 0 Å². The molecule has 1 N–H and O–H groups in total. The summed E-state index contributed by atoms with van der Waals surface area (Å²) in [6, 6.07) is 0.00722. The third-order valence-electron chi connectivity index (χ3n) is 3.25. The Bertz CT molecular complexity index is 231. The minimum atomic E-state index is -0.349. The number of fused-ring (bicyclic) bond motifs is 2. The van der Waals surface area contributed by atoms with Crippen molar-refractivity contribution in [3.8, 4) is 0 Å². The molecule has 1 aliphatic carbocycles. The molecule has 4 heteroatoms. The second kappa shape index (κ2) is 3.77. The Labute approximate surface area is 83.8 Å². The lowest BCUT2D eigenvalue weighted by Gasteiger charge is -2.28. The fourth-order valence-corrected chi connectivity index (χ4v) is 2.55. The molecule has 14 heavy (non-hydrogen) atoms. The van der Waals surface area contributed by atoms with Gasteiger partial charge in [-0.2, -0.15) is 0 Å². The summed E-state index contributed by atoms with van der Waals surface area (Å²) in [5.41, 5.74) is 0. The number of aliphatic hydroxyl groups excluding tert-OH is 1. The summed E-state index contributed by atoms with van der Waals surface area (Å²) in [5.74, 6) is 0.577. The molecule has 0 spiro atoms. The molecule has 4 nitrogen and oxygen atoms in total. The Morgan fingerprint density at radius 1 is 1.57 bits per heavy atom. The molecular weight excluding hydrogens is 182 g/mol. The lowest BCUT2D eigenvalue weighted by Crippen LogP contribution is -2.42. The smallest absolute Gasteiger partial charge is 0.410 e. The first kappa shape index (κ1) is 9.77. The van der Waals surface area contributed by atoms with Gasteiger partial charge in [-0.1, -0.05) is 0 Å². The Balaban J connectivity index is 2.03. The summed E-state index contributed by atoms with van der Waals surface area (Å²) < 4.78 is 4.96. The summed E-state index contributed by atoms with van der Waals surface area (Å²) in [7, 11) is 0. The molecule has 3 unspecified atom stereocenters. The number of nitrogens with zero attached hydrogens (tertiary/aromatic N) is 1. The summed E-state index contributed by atoms with van der Waals surface area (Å²) in [5, 5.41) is 9.73. The molecule has 1 heterocycles. The maximum atomic E-state index is 11.5. The second-order valence-electron chi connectivity index (χ2n) is 4.17. The van der Waals surface area contributed by atoms with E-state index >= 15 is 0 Å². The number of rotatable bonds is 1. The van der Waals surface area contributed by atoms with E-state index in [1.165, 1.54) is 0 Å². The second-order valence-corrected chi connectivity index (χ2v) is 4.17. The van der Waals surface area contributed by atoms with Crippen molar-refractivity contribution in [3.05, 3.63) is 0 Å². The summed E-state index contributed by atoms with van der Waals surface area (Å²) in [6.45, 7) is 2.97. The summed E-state index contributed by atoms with van der Waals surface area (Å²) >= 11 is 0. The zero-order valence-corrected chi connectivity index (χ0v) is 8.48. The van der Waals surface area contributed by atoms with Gasteiger partial charge in [0.15, 0.2) is 0 Å². The minimum absolute atomic E-state index is 0.00722. The number of carbonyl (C=O) groups is 1. The van der Waals surface area contributed by atoms with Crippen LogP contribution in [0.4, 0.5) is 4.79 Å². The van der Waals surface area contributed by atoms with Crippen molar-refractivity contribution in [2.45, 2.75) is 38.3 Å². The molecule has 2 rings (SSSR count). The normalized spacial score (nSPS) is 35.9. The largest absolute Gasteiger partial charge is 0.450 e. The number of aliphatic hydroxyl groups is 1. The lowest BCUT2D eigenvalue weighted by atomic mass is 9.88. The SMILES string of the molecule is CCOC(=O)N1CC2CCC(O)C1C2. The quantitative estimate of drug-likeness (QED) is 0.685. The highest BCUT2D eigenvalue weighted by Crippen LogP contribution is 2.35. The van der Waals surface area contributed by atoms with E-state index in [0.29, 0.717) is 12.5 Å². The number of hydrogen-bond acceptors (Lipinski definition) is 3. The molecule has 0 aromatic rings. The van der Waals surface area contributed by atoms with Crippen LogP contribution in [0.1, 0.15) is 26.2 Å². The molecule has 2 aliphatic rings. The van der Waals surface area contributed by atoms with E-state index in [9.17, 15) is 9.90 Å². The van der Waals surface area contributed by atoms with Crippen molar-refractivity contribution in [1.82, 2.24) is 4.90 Å². The number of hydrogen-bond donors (Lipinski definition) is 1. The topological polar surface area (TPSA) is 49.8 Å². The van der Waals surface area contributed by atoms with Crippen molar-refractivity contribution < 1.29 is 14.6 Å². The van der Waals surface area contributed by atoms with E-state index in [1.807, 2.05) is 0 Å². The molecule has 1 saturated carbocycles. The fraction of sp³-hybridized carbons (Fsp3) is 0.900. The van der Waals surface area contributed by atoms with Crippen molar-refractivity contribution in [2.24, 2.45) is 5.92 Å². The standard InChI is InChI=1S/C10H17NO3/c1-2-14-10(13)11-6-7-3-4-9(12)8(11)5-7/h7-9,12H,2-6H2,1H3. The van der Waals surface area contributed by atoms with Gasteiger partial charge in [0, 0.05) is 6.54 Å². The molecule has 0 radical (unpaired) electrons. The summed E-state index contributed by atoms with van der Waals surface area (Å²) in [4.78, 5) is 13.2. The van der Waals surface area contributed by atoms with E-state index in [4.69, 9.17) is 4.74 Å². The van der Waals surface area contributed by atoms with Crippen LogP contribution in [0.25, 0.3) is 0 Å². The molecule has 1 aliphatic heterocycles. The first-order valence-corrected chi connectivity index (χ1v) is 5.33. The number of amides is 1. The molecule has 0 aromatic carbocycles. The monoisotopic (exact) mass is 199 g/mol. The third-order valence-corrected chi connectivity index (χ3v) is 3.25. The highest BCUT2D eigenvalue weighted by Gasteiger charge is 2.43. The summed E-state index contributed by atoms with van der Waals surface area (Å²) in [6.07, 6.45) is 2.19. The molecule has 2 fully saturated rings. The Morgan fingerprint density at radius 3 is 3.07 bits per heavy atom. The molecule has 2 bridgehead atoms. The molecule has 80 valence electrons. The average Bonchev–Trinajstić information content (AvgIpc) is 2.52. The van der Waals surface area contributed by atoms with Crippen LogP contribution in [0, 0.1) is 5.92 Å². The zero-order chi connectivity index (χ0) is 10.1. The van der Waals surface area contributed by atoms with E-state index in [-0.39, 0.29) is 18.2 Å². The number of ether oxygens (including phenoxy) is 1. The predicted octanol–water partition coefficient (Wildman–Crippen LogP) is 0.988. The number of carbonyl (C=O) groups excluding carboxylic acids is 1. The third kappa shape index (κ3) is 1.59. The zero-order valence-electron chi connectivity index (χ0n) is 8.48. The number of likely N-dealkylation sites (tertiary alicyclic amines) is 1. The Morgan fingerprint density at radius 2 is 2.36 bits per heavy atom. The van der Waals surface area contributed by atoms with Crippen LogP contribution in [0.2, 0.25) is 0 Å². The van der Waals surface area contributed by atoms with Gasteiger partial charge in [0.1, 0.15) is 0 Å². The van der Waals surface area contributed by atoms with Crippen LogP contribution in [0.15, 0.2) is 0 Å². The first-order chi connectivity index (χ1) is 6.72. The van der Waals surface area contributed by atoms with Crippen molar-refractivity contribution in [1.29, 1.82) is 0 Å². The van der Waals surface area contributed by atoms with Gasteiger partial charge >= 0.3 is 6.09 Å². The van der Waals surface area contributed by atoms with Crippen LogP contribution in [0.3, 0.4) is 0 Å². The molecule has 3 atom stereocenters.